The summed E-state index contributed by atoms with van der Waals surface area (Å²) < 4.78 is 10.9. The molecule has 0 spiro atoms. The van der Waals surface area contributed by atoms with E-state index in [9.17, 15) is 0 Å². The first-order chi connectivity index (χ1) is 7.93. The van der Waals surface area contributed by atoms with E-state index in [2.05, 4.69) is 30.9 Å². The zero-order chi connectivity index (χ0) is 11.5. The zero-order valence-electron chi connectivity index (χ0n) is 10.2. The Kier molecular flexibility index (Phi) is 7.84. The van der Waals surface area contributed by atoms with Gasteiger partial charge in [0.15, 0.2) is 6.29 Å². The van der Waals surface area contributed by atoms with Crippen LogP contribution in [0.3, 0.4) is 0 Å². The lowest BCUT2D eigenvalue weighted by molar-refractivity contribution is -0.154. The van der Waals surface area contributed by atoms with Crippen molar-refractivity contribution in [2.75, 3.05) is 13.2 Å². The van der Waals surface area contributed by atoms with Crippen LogP contribution >= 0.6 is 0 Å². The molecule has 0 radical (unpaired) electrons. The molecule has 90 valence electrons. The first-order valence-electron chi connectivity index (χ1n) is 6.27. The molecular weight excluding hydrogens is 200 g/mol. The summed E-state index contributed by atoms with van der Waals surface area (Å²) >= 11 is 0. The Balaban J connectivity index is 1.97. The first kappa shape index (κ1) is 13.3. The maximum Gasteiger partial charge on any atom is 0.158 e. The minimum absolute atomic E-state index is 0.0111. The fourth-order valence-corrected chi connectivity index (χ4v) is 1.56. The lowest BCUT2D eigenvalue weighted by Crippen LogP contribution is -2.22. The van der Waals surface area contributed by atoms with Gasteiger partial charge in [-0.05, 0) is 32.1 Å². The zero-order valence-corrected chi connectivity index (χ0v) is 10.2. The maximum atomic E-state index is 5.50. The molecule has 1 fully saturated rings. The fourth-order valence-electron chi connectivity index (χ4n) is 1.56. The van der Waals surface area contributed by atoms with Crippen molar-refractivity contribution in [3.8, 4) is 11.8 Å². The molecule has 2 heteroatoms. The van der Waals surface area contributed by atoms with Crippen molar-refractivity contribution in [2.45, 2.75) is 51.7 Å². The Morgan fingerprint density at radius 3 is 3.00 bits per heavy atom. The minimum Gasteiger partial charge on any atom is -0.353 e. The monoisotopic (exact) mass is 222 g/mol. The highest BCUT2D eigenvalue weighted by molar-refractivity contribution is 5.00. The van der Waals surface area contributed by atoms with E-state index in [0.717, 1.165) is 38.7 Å². The van der Waals surface area contributed by atoms with E-state index in [1.165, 1.54) is 6.42 Å². The second-order valence-electron chi connectivity index (χ2n) is 3.88. The van der Waals surface area contributed by atoms with E-state index < -0.39 is 0 Å². The predicted octanol–water partition coefficient (Wildman–Crippen LogP) is 3.28. The Morgan fingerprint density at radius 1 is 1.31 bits per heavy atom. The molecule has 0 aromatic carbocycles. The number of hydrogen-bond donors (Lipinski definition) is 0. The lowest BCUT2D eigenvalue weighted by Gasteiger charge is -2.21. The number of allylic oxidation sites excluding steroid dienone is 2. The molecule has 1 atom stereocenters. The van der Waals surface area contributed by atoms with Crippen LogP contribution in [-0.4, -0.2) is 19.5 Å². The predicted molar refractivity (Wildman–Crippen MR) is 66.0 cm³/mol. The Morgan fingerprint density at radius 2 is 2.25 bits per heavy atom. The molecule has 0 aromatic rings. The van der Waals surface area contributed by atoms with Gasteiger partial charge in [0.25, 0.3) is 0 Å². The molecular formula is C14H22O2. The maximum absolute atomic E-state index is 5.50. The van der Waals surface area contributed by atoms with Crippen LogP contribution in [0.5, 0.6) is 0 Å². The van der Waals surface area contributed by atoms with Crippen molar-refractivity contribution in [1.29, 1.82) is 0 Å². The Bertz CT molecular complexity index is 241. The van der Waals surface area contributed by atoms with E-state index in [1.54, 1.807) is 0 Å². The molecule has 0 bridgehead atoms. The number of ether oxygens (including phenoxy) is 2. The van der Waals surface area contributed by atoms with Gasteiger partial charge in [-0.15, -0.1) is 5.92 Å². The van der Waals surface area contributed by atoms with Gasteiger partial charge in [-0.3, -0.25) is 0 Å². The van der Waals surface area contributed by atoms with Crippen LogP contribution in [0.1, 0.15) is 45.4 Å². The summed E-state index contributed by atoms with van der Waals surface area (Å²) in [6.07, 6.45) is 10.8. The molecule has 2 nitrogen and oxygen atoms in total. The quantitative estimate of drug-likeness (QED) is 0.404. The SMILES string of the molecule is CC/C=C\CCC#CCOC1CCCCO1. The van der Waals surface area contributed by atoms with Gasteiger partial charge in [0.05, 0.1) is 0 Å². The van der Waals surface area contributed by atoms with Gasteiger partial charge in [-0.25, -0.2) is 0 Å². The van der Waals surface area contributed by atoms with Crippen LogP contribution < -0.4 is 0 Å². The summed E-state index contributed by atoms with van der Waals surface area (Å²) in [6.45, 7) is 3.47. The van der Waals surface area contributed by atoms with E-state index in [0.29, 0.717) is 6.61 Å². The average molecular weight is 222 g/mol. The largest absolute Gasteiger partial charge is 0.353 e. The fraction of sp³-hybridized carbons (Fsp3) is 0.714. The summed E-state index contributed by atoms with van der Waals surface area (Å²) in [5.41, 5.74) is 0. The summed E-state index contributed by atoms with van der Waals surface area (Å²) in [7, 11) is 0. The third-order valence-corrected chi connectivity index (χ3v) is 2.44. The van der Waals surface area contributed by atoms with Crippen molar-refractivity contribution >= 4 is 0 Å². The highest BCUT2D eigenvalue weighted by Crippen LogP contribution is 2.12. The molecule has 0 amide bonds. The average Bonchev–Trinajstić information content (AvgIpc) is 2.34. The van der Waals surface area contributed by atoms with Crippen LogP contribution in [0.25, 0.3) is 0 Å². The van der Waals surface area contributed by atoms with E-state index in [-0.39, 0.29) is 6.29 Å². The smallest absolute Gasteiger partial charge is 0.158 e. The highest BCUT2D eigenvalue weighted by Gasteiger charge is 2.12. The molecule has 1 unspecified atom stereocenters. The van der Waals surface area contributed by atoms with Crippen molar-refractivity contribution in [2.24, 2.45) is 0 Å². The van der Waals surface area contributed by atoms with Crippen molar-refractivity contribution in [3.63, 3.8) is 0 Å². The molecule has 1 heterocycles. The van der Waals surface area contributed by atoms with Crippen LogP contribution in [0.2, 0.25) is 0 Å². The second kappa shape index (κ2) is 9.45. The normalized spacial score (nSPS) is 20.7. The summed E-state index contributed by atoms with van der Waals surface area (Å²) in [4.78, 5) is 0. The Hall–Kier alpha value is -0.780. The van der Waals surface area contributed by atoms with Crippen LogP contribution in [0.4, 0.5) is 0 Å². The number of rotatable bonds is 5. The third kappa shape index (κ3) is 6.66. The van der Waals surface area contributed by atoms with Crippen molar-refractivity contribution in [3.05, 3.63) is 12.2 Å². The first-order valence-corrected chi connectivity index (χ1v) is 6.27. The van der Waals surface area contributed by atoms with Gasteiger partial charge in [-0.1, -0.05) is 25.0 Å². The van der Waals surface area contributed by atoms with E-state index >= 15 is 0 Å². The van der Waals surface area contributed by atoms with E-state index in [1.807, 2.05) is 0 Å². The highest BCUT2D eigenvalue weighted by atomic mass is 16.7. The van der Waals surface area contributed by atoms with Gasteiger partial charge in [0, 0.05) is 13.0 Å². The van der Waals surface area contributed by atoms with Crippen LogP contribution in [-0.2, 0) is 9.47 Å². The molecule has 1 aliphatic rings. The molecule has 0 aromatic heterocycles. The number of unbranched alkanes of at least 4 members (excludes halogenated alkanes) is 1. The molecule has 16 heavy (non-hydrogen) atoms. The topological polar surface area (TPSA) is 18.5 Å². The second-order valence-corrected chi connectivity index (χ2v) is 3.88. The molecule has 0 saturated carbocycles. The lowest BCUT2D eigenvalue weighted by atomic mass is 10.2. The van der Waals surface area contributed by atoms with Gasteiger partial charge < -0.3 is 9.47 Å². The minimum atomic E-state index is -0.0111. The third-order valence-electron chi connectivity index (χ3n) is 2.44. The van der Waals surface area contributed by atoms with E-state index in [4.69, 9.17) is 9.47 Å². The van der Waals surface area contributed by atoms with Crippen LogP contribution in [0.15, 0.2) is 12.2 Å². The van der Waals surface area contributed by atoms with Crippen molar-refractivity contribution in [1.82, 2.24) is 0 Å². The van der Waals surface area contributed by atoms with Gasteiger partial charge >= 0.3 is 0 Å². The molecule has 1 rings (SSSR count). The standard InChI is InChI=1S/C14H22O2/c1-2-3-4-5-6-7-9-12-15-14-11-8-10-13-16-14/h3-4,14H,2,5-6,8,10-13H2,1H3/b4-3-. The molecule has 0 aliphatic carbocycles. The Labute approximate surface area is 99.0 Å². The molecule has 0 N–H and O–H groups in total. The molecule has 1 saturated heterocycles. The van der Waals surface area contributed by atoms with Gasteiger partial charge in [-0.2, -0.15) is 0 Å². The number of hydrogen-bond acceptors (Lipinski definition) is 2. The van der Waals surface area contributed by atoms with Crippen molar-refractivity contribution < 1.29 is 9.47 Å². The van der Waals surface area contributed by atoms with Crippen LogP contribution in [0, 0.1) is 11.8 Å². The molecule has 1 aliphatic heterocycles. The summed E-state index contributed by atoms with van der Waals surface area (Å²) in [5, 5.41) is 0. The van der Waals surface area contributed by atoms with Gasteiger partial charge in [0.2, 0.25) is 0 Å². The summed E-state index contributed by atoms with van der Waals surface area (Å²) in [6, 6.07) is 0. The van der Waals surface area contributed by atoms with Gasteiger partial charge in [0.1, 0.15) is 6.61 Å². The summed E-state index contributed by atoms with van der Waals surface area (Å²) in [5.74, 6) is 6.13.